The normalized spacial score (nSPS) is 10.2. The Labute approximate surface area is 112 Å². The Balaban J connectivity index is 2.13. The number of aryl methyl sites for hydroxylation is 1. The predicted molar refractivity (Wildman–Crippen MR) is 76.1 cm³/mol. The molecule has 4 nitrogen and oxygen atoms in total. The van der Waals surface area contributed by atoms with E-state index in [1.165, 1.54) is 0 Å². The molecular weight excluding hydrogens is 238 g/mol. The number of nitrogens with one attached hydrogen (secondary N) is 1. The van der Waals surface area contributed by atoms with Gasteiger partial charge in [0.25, 0.3) is 5.91 Å². The number of rotatable bonds is 4. The Kier molecular flexibility index (Phi) is 4.26. The molecule has 0 saturated carbocycles. The van der Waals surface area contributed by atoms with Crippen LogP contribution in [0.4, 0.5) is 5.69 Å². The number of hydrogen-bond acceptors (Lipinski definition) is 3. The topological polar surface area (TPSA) is 68.0 Å². The van der Waals surface area contributed by atoms with Gasteiger partial charge in [-0.3, -0.25) is 9.78 Å². The molecule has 4 heteroatoms. The highest BCUT2D eigenvalue weighted by molar-refractivity contribution is 6.04. The highest BCUT2D eigenvalue weighted by Gasteiger charge is 2.06. The number of pyridine rings is 1. The minimum atomic E-state index is -0.121. The lowest BCUT2D eigenvalue weighted by molar-refractivity contribution is 0.102. The van der Waals surface area contributed by atoms with Crippen LogP contribution in [0.2, 0.25) is 0 Å². The van der Waals surface area contributed by atoms with Crippen molar-refractivity contribution in [2.75, 3.05) is 11.9 Å². The van der Waals surface area contributed by atoms with Gasteiger partial charge in [0.2, 0.25) is 0 Å². The monoisotopic (exact) mass is 255 g/mol. The van der Waals surface area contributed by atoms with E-state index in [9.17, 15) is 4.79 Å². The van der Waals surface area contributed by atoms with Gasteiger partial charge < -0.3 is 11.1 Å². The molecule has 0 unspecified atom stereocenters. The Morgan fingerprint density at radius 3 is 2.89 bits per heavy atom. The molecular formula is C15H17N3O. The molecule has 98 valence electrons. The van der Waals surface area contributed by atoms with E-state index in [0.29, 0.717) is 12.1 Å². The average Bonchev–Trinajstić information content (AvgIpc) is 2.39. The van der Waals surface area contributed by atoms with Gasteiger partial charge in [-0.15, -0.1) is 0 Å². The maximum absolute atomic E-state index is 12.1. The van der Waals surface area contributed by atoms with Crippen LogP contribution in [0.3, 0.4) is 0 Å². The van der Waals surface area contributed by atoms with E-state index in [2.05, 4.69) is 10.3 Å². The predicted octanol–water partition coefficient (Wildman–Crippen LogP) is 2.14. The molecule has 1 heterocycles. The molecule has 1 amide bonds. The number of carbonyl (C=O) groups excluding carboxylic acids is 1. The minimum absolute atomic E-state index is 0.121. The van der Waals surface area contributed by atoms with Gasteiger partial charge in [0.05, 0.1) is 0 Å². The first kappa shape index (κ1) is 13.2. The van der Waals surface area contributed by atoms with Crippen molar-refractivity contribution in [3.05, 3.63) is 59.4 Å². The third-order valence-corrected chi connectivity index (χ3v) is 2.78. The summed E-state index contributed by atoms with van der Waals surface area (Å²) in [5, 5.41) is 2.86. The van der Waals surface area contributed by atoms with Crippen molar-refractivity contribution in [1.29, 1.82) is 0 Å². The van der Waals surface area contributed by atoms with Crippen LogP contribution in [0, 0.1) is 6.92 Å². The van der Waals surface area contributed by atoms with Crippen molar-refractivity contribution >= 4 is 11.6 Å². The van der Waals surface area contributed by atoms with Crippen LogP contribution in [-0.4, -0.2) is 17.4 Å². The second-order valence-electron chi connectivity index (χ2n) is 4.38. The number of amides is 1. The van der Waals surface area contributed by atoms with Crippen LogP contribution in [0.1, 0.15) is 21.6 Å². The van der Waals surface area contributed by atoms with Gasteiger partial charge in [-0.05, 0) is 49.7 Å². The number of anilines is 1. The van der Waals surface area contributed by atoms with Crippen LogP contribution in [0.15, 0.2) is 42.6 Å². The number of nitrogens with zero attached hydrogens (tertiary/aromatic N) is 1. The molecule has 2 aromatic rings. The summed E-state index contributed by atoms with van der Waals surface area (Å²) >= 11 is 0. The second kappa shape index (κ2) is 6.11. The third-order valence-electron chi connectivity index (χ3n) is 2.78. The summed E-state index contributed by atoms with van der Waals surface area (Å²) in [6, 6.07) is 11.1. The van der Waals surface area contributed by atoms with E-state index in [1.807, 2.05) is 31.2 Å². The Morgan fingerprint density at radius 2 is 2.16 bits per heavy atom. The molecule has 3 N–H and O–H groups in total. The molecule has 1 aromatic heterocycles. The summed E-state index contributed by atoms with van der Waals surface area (Å²) in [6.07, 6.45) is 2.45. The molecule has 2 rings (SSSR count). The van der Waals surface area contributed by atoms with Crippen LogP contribution >= 0.6 is 0 Å². The first-order chi connectivity index (χ1) is 9.19. The molecule has 0 aliphatic carbocycles. The average molecular weight is 255 g/mol. The summed E-state index contributed by atoms with van der Waals surface area (Å²) in [4.78, 5) is 16.2. The van der Waals surface area contributed by atoms with Gasteiger partial charge in [-0.25, -0.2) is 0 Å². The summed E-state index contributed by atoms with van der Waals surface area (Å²) in [6.45, 7) is 2.46. The number of carbonyl (C=O) groups is 1. The SMILES string of the molecule is Cc1cc(NC(=O)c2cccc(CCN)c2)ccn1. The fourth-order valence-electron chi connectivity index (χ4n) is 1.86. The maximum atomic E-state index is 12.1. The second-order valence-corrected chi connectivity index (χ2v) is 4.38. The summed E-state index contributed by atoms with van der Waals surface area (Å²) in [7, 11) is 0. The van der Waals surface area contributed by atoms with E-state index in [1.54, 1.807) is 18.3 Å². The molecule has 0 aliphatic rings. The zero-order valence-corrected chi connectivity index (χ0v) is 10.9. The molecule has 0 aliphatic heterocycles. The van der Waals surface area contributed by atoms with Crippen LogP contribution < -0.4 is 11.1 Å². The quantitative estimate of drug-likeness (QED) is 0.879. The lowest BCUT2D eigenvalue weighted by Crippen LogP contribution is -2.13. The first-order valence-corrected chi connectivity index (χ1v) is 6.22. The zero-order valence-electron chi connectivity index (χ0n) is 10.9. The summed E-state index contributed by atoms with van der Waals surface area (Å²) < 4.78 is 0. The van der Waals surface area contributed by atoms with E-state index in [4.69, 9.17) is 5.73 Å². The number of nitrogens with two attached hydrogens (primary N) is 1. The number of hydrogen-bond donors (Lipinski definition) is 2. The zero-order chi connectivity index (χ0) is 13.7. The molecule has 0 atom stereocenters. The van der Waals surface area contributed by atoms with E-state index >= 15 is 0 Å². The largest absolute Gasteiger partial charge is 0.330 e. The van der Waals surface area contributed by atoms with E-state index < -0.39 is 0 Å². The van der Waals surface area contributed by atoms with Crippen molar-refractivity contribution < 1.29 is 4.79 Å². The molecule has 0 fully saturated rings. The number of benzene rings is 1. The Bertz CT molecular complexity index is 581. The molecule has 0 bridgehead atoms. The Morgan fingerprint density at radius 1 is 1.32 bits per heavy atom. The summed E-state index contributed by atoms with van der Waals surface area (Å²) in [5.41, 5.74) is 8.85. The van der Waals surface area contributed by atoms with Crippen LogP contribution in [-0.2, 0) is 6.42 Å². The van der Waals surface area contributed by atoms with Crippen LogP contribution in [0.25, 0.3) is 0 Å². The molecule has 0 radical (unpaired) electrons. The van der Waals surface area contributed by atoms with Gasteiger partial charge in [0, 0.05) is 23.1 Å². The molecule has 0 spiro atoms. The van der Waals surface area contributed by atoms with Crippen molar-refractivity contribution in [2.24, 2.45) is 5.73 Å². The molecule has 1 aromatic carbocycles. The Hall–Kier alpha value is -2.20. The molecule has 0 saturated heterocycles. The fourth-order valence-corrected chi connectivity index (χ4v) is 1.86. The smallest absolute Gasteiger partial charge is 0.255 e. The lowest BCUT2D eigenvalue weighted by atomic mass is 10.1. The van der Waals surface area contributed by atoms with Gasteiger partial charge in [-0.1, -0.05) is 12.1 Å². The van der Waals surface area contributed by atoms with Crippen molar-refractivity contribution in [3.63, 3.8) is 0 Å². The van der Waals surface area contributed by atoms with Gasteiger partial charge >= 0.3 is 0 Å². The van der Waals surface area contributed by atoms with Crippen molar-refractivity contribution in [2.45, 2.75) is 13.3 Å². The van der Waals surface area contributed by atoms with E-state index in [0.717, 1.165) is 23.4 Å². The van der Waals surface area contributed by atoms with E-state index in [-0.39, 0.29) is 5.91 Å². The number of aromatic nitrogens is 1. The van der Waals surface area contributed by atoms with Crippen molar-refractivity contribution in [1.82, 2.24) is 4.98 Å². The highest BCUT2D eigenvalue weighted by atomic mass is 16.1. The minimum Gasteiger partial charge on any atom is -0.330 e. The van der Waals surface area contributed by atoms with Gasteiger partial charge in [-0.2, -0.15) is 0 Å². The van der Waals surface area contributed by atoms with Crippen molar-refractivity contribution in [3.8, 4) is 0 Å². The third kappa shape index (κ3) is 3.63. The highest BCUT2D eigenvalue weighted by Crippen LogP contribution is 2.11. The summed E-state index contributed by atoms with van der Waals surface area (Å²) in [5.74, 6) is -0.121. The van der Waals surface area contributed by atoms with Gasteiger partial charge in [0.1, 0.15) is 0 Å². The first-order valence-electron chi connectivity index (χ1n) is 6.22. The maximum Gasteiger partial charge on any atom is 0.255 e. The lowest BCUT2D eigenvalue weighted by Gasteiger charge is -2.07. The standard InChI is InChI=1S/C15H17N3O/c1-11-9-14(6-8-17-11)18-15(19)13-4-2-3-12(10-13)5-7-16/h2-4,6,8-10H,5,7,16H2,1H3,(H,17,18,19). The molecule has 19 heavy (non-hydrogen) atoms. The fraction of sp³-hybridized carbons (Fsp3) is 0.200. The van der Waals surface area contributed by atoms with Gasteiger partial charge in [0.15, 0.2) is 0 Å². The van der Waals surface area contributed by atoms with Crippen LogP contribution in [0.5, 0.6) is 0 Å².